The van der Waals surface area contributed by atoms with Crippen molar-refractivity contribution in [3.8, 4) is 0 Å². The lowest BCUT2D eigenvalue weighted by atomic mass is 9.93. The van der Waals surface area contributed by atoms with Gasteiger partial charge in [0.05, 0.1) is 19.4 Å². The van der Waals surface area contributed by atoms with Crippen LogP contribution >= 0.6 is 0 Å². The van der Waals surface area contributed by atoms with Crippen molar-refractivity contribution in [2.75, 3.05) is 44.3 Å². The van der Waals surface area contributed by atoms with E-state index in [0.717, 1.165) is 50.5 Å². The minimum Gasteiger partial charge on any atom is -0.378 e. The molecule has 7 heteroatoms. The molecule has 2 aromatic heterocycles. The van der Waals surface area contributed by atoms with Gasteiger partial charge in [0.25, 0.3) is 0 Å². The fraction of sp³-hybridized carbons (Fsp3) is 0.588. The number of carbonyl (C=O) groups excluding carboxylic acids is 1. The van der Waals surface area contributed by atoms with Crippen LogP contribution < -0.4 is 4.90 Å². The first-order valence-electron chi connectivity index (χ1n) is 8.70. The van der Waals surface area contributed by atoms with E-state index in [2.05, 4.69) is 15.0 Å². The lowest BCUT2D eigenvalue weighted by molar-refractivity contribution is -0.136. The van der Waals surface area contributed by atoms with E-state index < -0.39 is 0 Å². The molecule has 0 radical (unpaired) electrons. The molecule has 4 heterocycles. The molecule has 0 bridgehead atoms. The zero-order chi connectivity index (χ0) is 16.4. The van der Waals surface area contributed by atoms with E-state index in [0.29, 0.717) is 25.6 Å². The molecule has 2 aliphatic rings. The topological polar surface area (TPSA) is 63.0 Å². The van der Waals surface area contributed by atoms with E-state index >= 15 is 0 Å². The van der Waals surface area contributed by atoms with Gasteiger partial charge in [0, 0.05) is 44.9 Å². The number of morpholine rings is 1. The van der Waals surface area contributed by atoms with Gasteiger partial charge in [0.1, 0.15) is 5.82 Å². The number of ether oxygens (including phenoxy) is 1. The first kappa shape index (κ1) is 15.4. The van der Waals surface area contributed by atoms with E-state index in [-0.39, 0.29) is 5.91 Å². The summed E-state index contributed by atoms with van der Waals surface area (Å²) in [7, 11) is 0. The van der Waals surface area contributed by atoms with Crippen LogP contribution in [-0.4, -0.2) is 64.8 Å². The molecule has 0 atom stereocenters. The Bertz CT molecular complexity index is 702. The predicted molar refractivity (Wildman–Crippen MR) is 89.9 cm³/mol. The van der Waals surface area contributed by atoms with Gasteiger partial charge in [0.2, 0.25) is 5.91 Å². The monoisotopic (exact) mass is 329 g/mol. The number of hydrogen-bond acceptors (Lipinski definition) is 5. The molecule has 2 fully saturated rings. The molecule has 0 N–H and O–H groups in total. The van der Waals surface area contributed by atoms with Crippen LogP contribution in [-0.2, 0) is 9.53 Å². The Labute approximate surface area is 141 Å². The summed E-state index contributed by atoms with van der Waals surface area (Å²) < 4.78 is 7.09. The number of carbonyl (C=O) groups is 1. The summed E-state index contributed by atoms with van der Waals surface area (Å²) in [6.07, 6.45) is 6.47. The van der Waals surface area contributed by atoms with Gasteiger partial charge in [-0.2, -0.15) is 5.10 Å². The number of rotatable bonds is 3. The molecular weight excluding hydrogens is 306 g/mol. The van der Waals surface area contributed by atoms with E-state index in [4.69, 9.17) is 4.74 Å². The Kier molecular flexibility index (Phi) is 4.34. The van der Waals surface area contributed by atoms with E-state index in [1.807, 2.05) is 23.2 Å². The molecule has 0 spiro atoms. The van der Waals surface area contributed by atoms with Crippen LogP contribution in [0.2, 0.25) is 0 Å². The van der Waals surface area contributed by atoms with Crippen molar-refractivity contribution in [1.82, 2.24) is 19.5 Å². The third-order valence-electron chi connectivity index (χ3n) is 5.01. The molecule has 2 aromatic rings. The van der Waals surface area contributed by atoms with Crippen LogP contribution in [0.25, 0.3) is 5.65 Å². The van der Waals surface area contributed by atoms with E-state index in [1.54, 1.807) is 10.7 Å². The first-order valence-corrected chi connectivity index (χ1v) is 8.70. The van der Waals surface area contributed by atoms with Crippen molar-refractivity contribution >= 4 is 17.4 Å². The zero-order valence-electron chi connectivity index (χ0n) is 13.8. The van der Waals surface area contributed by atoms with Crippen LogP contribution in [0.1, 0.15) is 19.3 Å². The quantitative estimate of drug-likeness (QED) is 0.846. The summed E-state index contributed by atoms with van der Waals surface area (Å²) >= 11 is 0. The normalized spacial score (nSPS) is 19.8. The fourth-order valence-corrected chi connectivity index (χ4v) is 3.53. The van der Waals surface area contributed by atoms with Gasteiger partial charge in [-0.1, -0.05) is 0 Å². The standard InChI is InChI=1S/C17H23N5O2/c23-17(21-9-11-24-12-10-21)13-14-2-6-20(7-3-14)15-4-8-22-16(19-15)1-5-18-22/h1,4-5,8,14H,2-3,6-7,9-13H2. The minimum atomic E-state index is 0.288. The van der Waals surface area contributed by atoms with Crippen molar-refractivity contribution in [1.29, 1.82) is 0 Å². The third kappa shape index (κ3) is 3.21. The Hall–Kier alpha value is -2.15. The number of anilines is 1. The highest BCUT2D eigenvalue weighted by Gasteiger charge is 2.25. The van der Waals surface area contributed by atoms with Crippen molar-refractivity contribution in [3.05, 3.63) is 24.5 Å². The highest BCUT2D eigenvalue weighted by atomic mass is 16.5. The van der Waals surface area contributed by atoms with Crippen molar-refractivity contribution in [2.24, 2.45) is 5.92 Å². The first-order chi connectivity index (χ1) is 11.8. The Morgan fingerprint density at radius 1 is 1.17 bits per heavy atom. The second-order valence-electron chi connectivity index (χ2n) is 6.55. The van der Waals surface area contributed by atoms with Crippen LogP contribution in [0.5, 0.6) is 0 Å². The molecule has 24 heavy (non-hydrogen) atoms. The predicted octanol–water partition coefficient (Wildman–Crippen LogP) is 1.19. The smallest absolute Gasteiger partial charge is 0.223 e. The summed E-state index contributed by atoms with van der Waals surface area (Å²) in [6, 6.07) is 3.93. The lowest BCUT2D eigenvalue weighted by Crippen LogP contribution is -2.42. The maximum absolute atomic E-state index is 12.4. The number of piperidine rings is 1. The van der Waals surface area contributed by atoms with Gasteiger partial charge in [-0.05, 0) is 24.8 Å². The van der Waals surface area contributed by atoms with Crippen LogP contribution in [0.15, 0.2) is 24.5 Å². The van der Waals surface area contributed by atoms with Gasteiger partial charge < -0.3 is 14.5 Å². The number of nitrogens with zero attached hydrogens (tertiary/aromatic N) is 5. The van der Waals surface area contributed by atoms with Crippen LogP contribution in [0.3, 0.4) is 0 Å². The van der Waals surface area contributed by atoms with E-state index in [9.17, 15) is 4.79 Å². The van der Waals surface area contributed by atoms with E-state index in [1.165, 1.54) is 0 Å². The largest absolute Gasteiger partial charge is 0.378 e. The second-order valence-corrected chi connectivity index (χ2v) is 6.55. The Morgan fingerprint density at radius 3 is 2.75 bits per heavy atom. The summed E-state index contributed by atoms with van der Waals surface area (Å²) in [6.45, 7) is 4.75. The Balaban J connectivity index is 1.32. The number of hydrogen-bond donors (Lipinski definition) is 0. The molecule has 128 valence electrons. The average molecular weight is 329 g/mol. The van der Waals surface area contributed by atoms with Crippen LogP contribution in [0, 0.1) is 5.92 Å². The average Bonchev–Trinajstić information content (AvgIpc) is 3.11. The second kappa shape index (κ2) is 6.76. The van der Waals surface area contributed by atoms with Crippen molar-refractivity contribution < 1.29 is 9.53 Å². The van der Waals surface area contributed by atoms with Gasteiger partial charge >= 0.3 is 0 Å². The van der Waals surface area contributed by atoms with Crippen molar-refractivity contribution in [3.63, 3.8) is 0 Å². The maximum atomic E-state index is 12.4. The minimum absolute atomic E-state index is 0.288. The lowest BCUT2D eigenvalue weighted by Gasteiger charge is -2.34. The van der Waals surface area contributed by atoms with Gasteiger partial charge in [-0.3, -0.25) is 4.79 Å². The molecule has 2 saturated heterocycles. The zero-order valence-corrected chi connectivity index (χ0v) is 13.8. The maximum Gasteiger partial charge on any atom is 0.223 e. The summed E-state index contributed by atoms with van der Waals surface area (Å²) in [5, 5.41) is 4.18. The van der Waals surface area contributed by atoms with Crippen molar-refractivity contribution in [2.45, 2.75) is 19.3 Å². The van der Waals surface area contributed by atoms with Gasteiger partial charge in [-0.25, -0.2) is 9.50 Å². The molecule has 0 unspecified atom stereocenters. The molecule has 7 nitrogen and oxygen atoms in total. The van der Waals surface area contributed by atoms with Gasteiger partial charge in [0.15, 0.2) is 5.65 Å². The molecule has 0 aromatic carbocycles. The molecule has 2 aliphatic heterocycles. The molecule has 0 saturated carbocycles. The Morgan fingerprint density at radius 2 is 1.96 bits per heavy atom. The summed E-state index contributed by atoms with van der Waals surface area (Å²) in [5.41, 5.74) is 0.872. The third-order valence-corrected chi connectivity index (χ3v) is 5.01. The number of aromatic nitrogens is 3. The van der Waals surface area contributed by atoms with Crippen LogP contribution in [0.4, 0.5) is 5.82 Å². The molecule has 0 aliphatic carbocycles. The number of amides is 1. The molecule has 1 amide bonds. The SMILES string of the molecule is O=C(CC1CCN(c2ccn3nccc3n2)CC1)N1CCOCC1. The number of fused-ring (bicyclic) bond motifs is 1. The van der Waals surface area contributed by atoms with Gasteiger partial charge in [-0.15, -0.1) is 0 Å². The summed E-state index contributed by atoms with van der Waals surface area (Å²) in [5.74, 6) is 1.77. The molecular formula is C17H23N5O2. The summed E-state index contributed by atoms with van der Waals surface area (Å²) in [4.78, 5) is 21.3. The highest BCUT2D eigenvalue weighted by Crippen LogP contribution is 2.25. The highest BCUT2D eigenvalue weighted by molar-refractivity contribution is 5.76. The fourth-order valence-electron chi connectivity index (χ4n) is 3.53. The molecule has 4 rings (SSSR count).